The Balaban J connectivity index is 2.36. The summed E-state index contributed by atoms with van der Waals surface area (Å²) >= 11 is 0. The van der Waals surface area contributed by atoms with Crippen LogP contribution in [0.4, 0.5) is 10.5 Å². The van der Waals surface area contributed by atoms with Gasteiger partial charge in [0.15, 0.2) is 0 Å². The minimum absolute atomic E-state index is 0.0507. The fourth-order valence-corrected chi connectivity index (χ4v) is 1.60. The molecule has 0 aliphatic carbocycles. The second-order valence-corrected chi connectivity index (χ2v) is 3.33. The van der Waals surface area contributed by atoms with E-state index in [9.17, 15) is 9.90 Å². The summed E-state index contributed by atoms with van der Waals surface area (Å²) in [7, 11) is 0. The third kappa shape index (κ3) is 1.61. The van der Waals surface area contributed by atoms with Crippen molar-refractivity contribution < 1.29 is 14.6 Å². The van der Waals surface area contributed by atoms with Gasteiger partial charge in [0.25, 0.3) is 0 Å². The lowest BCUT2D eigenvalue weighted by molar-refractivity contribution is 0.179. The van der Waals surface area contributed by atoms with E-state index in [0.29, 0.717) is 12.2 Å². The summed E-state index contributed by atoms with van der Waals surface area (Å²) in [6.45, 7) is 0.573. The summed E-state index contributed by atoms with van der Waals surface area (Å²) in [6.07, 6.45) is -0.466. The van der Waals surface area contributed by atoms with Crippen LogP contribution in [0, 0.1) is 0 Å². The van der Waals surface area contributed by atoms with Crippen molar-refractivity contribution in [3.8, 4) is 5.75 Å². The maximum Gasteiger partial charge on any atom is 0.414 e. The number of carbonyl (C=O) groups is 1. The minimum Gasteiger partial charge on any atom is -0.506 e. The van der Waals surface area contributed by atoms with Gasteiger partial charge in [0, 0.05) is 6.54 Å². The smallest absolute Gasteiger partial charge is 0.414 e. The molecule has 1 aromatic carbocycles. The molecule has 1 aromatic rings. The fraction of sp³-hybridized carbons (Fsp3) is 0.300. The van der Waals surface area contributed by atoms with Crippen molar-refractivity contribution in [2.75, 3.05) is 18.1 Å². The van der Waals surface area contributed by atoms with Gasteiger partial charge in [-0.15, -0.1) is 0 Å². The lowest BCUT2D eigenvalue weighted by Crippen LogP contribution is -2.38. The highest BCUT2D eigenvalue weighted by Gasteiger charge is 2.34. The van der Waals surface area contributed by atoms with Crippen LogP contribution < -0.4 is 10.6 Å². The number of aromatic hydroxyl groups is 1. The highest BCUT2D eigenvalue weighted by atomic mass is 16.6. The van der Waals surface area contributed by atoms with E-state index in [1.54, 1.807) is 18.2 Å². The van der Waals surface area contributed by atoms with Crippen molar-refractivity contribution in [1.29, 1.82) is 0 Å². The minimum atomic E-state index is -0.466. The monoisotopic (exact) mass is 208 g/mol. The van der Waals surface area contributed by atoms with Crippen molar-refractivity contribution in [3.05, 3.63) is 24.3 Å². The molecule has 5 nitrogen and oxygen atoms in total. The number of amides is 1. The van der Waals surface area contributed by atoms with Crippen molar-refractivity contribution in [1.82, 2.24) is 0 Å². The molecule has 2 rings (SSSR count). The number of phenolic OH excluding ortho intramolecular Hbond substituents is 1. The molecule has 0 spiro atoms. The number of nitrogens with two attached hydrogens (primary N) is 1. The quantitative estimate of drug-likeness (QED) is 0.749. The predicted octanol–water partition coefficient (Wildman–Crippen LogP) is 0.676. The molecule has 1 unspecified atom stereocenters. The average molecular weight is 208 g/mol. The number of benzene rings is 1. The number of nitrogens with zero attached hydrogens (tertiary/aromatic N) is 1. The molecule has 1 aliphatic heterocycles. The zero-order valence-electron chi connectivity index (χ0n) is 8.09. The van der Waals surface area contributed by atoms with Gasteiger partial charge in [0.1, 0.15) is 12.4 Å². The molecule has 1 atom stereocenters. The second kappa shape index (κ2) is 3.78. The summed E-state index contributed by atoms with van der Waals surface area (Å²) in [5.41, 5.74) is 5.96. The molecule has 1 heterocycles. The number of rotatable bonds is 2. The molecule has 3 N–H and O–H groups in total. The molecule has 0 saturated carbocycles. The largest absolute Gasteiger partial charge is 0.506 e. The van der Waals surface area contributed by atoms with Gasteiger partial charge in [0.2, 0.25) is 0 Å². The molecular weight excluding hydrogens is 196 g/mol. The van der Waals surface area contributed by atoms with Gasteiger partial charge < -0.3 is 15.6 Å². The highest BCUT2D eigenvalue weighted by molar-refractivity contribution is 5.92. The van der Waals surface area contributed by atoms with Gasteiger partial charge >= 0.3 is 6.09 Å². The van der Waals surface area contributed by atoms with Crippen LogP contribution >= 0.6 is 0 Å². The Labute approximate surface area is 87.1 Å². The topological polar surface area (TPSA) is 75.8 Å². The van der Waals surface area contributed by atoms with Crippen molar-refractivity contribution in [3.63, 3.8) is 0 Å². The van der Waals surface area contributed by atoms with E-state index < -0.39 is 6.09 Å². The van der Waals surface area contributed by atoms with Crippen LogP contribution in [0.1, 0.15) is 0 Å². The number of ether oxygens (including phenoxy) is 1. The fourth-order valence-electron chi connectivity index (χ4n) is 1.60. The average Bonchev–Trinajstić information content (AvgIpc) is 2.60. The summed E-state index contributed by atoms with van der Waals surface area (Å²) in [4.78, 5) is 12.8. The van der Waals surface area contributed by atoms with Crippen LogP contribution in [0.5, 0.6) is 5.75 Å². The number of cyclic esters (lactones) is 1. The molecule has 0 bridgehead atoms. The molecular formula is C10H12N2O3. The van der Waals surface area contributed by atoms with Crippen molar-refractivity contribution in [2.24, 2.45) is 5.73 Å². The maximum absolute atomic E-state index is 11.4. The van der Waals surface area contributed by atoms with Crippen LogP contribution in [0.15, 0.2) is 24.3 Å². The molecule has 1 amide bonds. The maximum atomic E-state index is 11.4. The highest BCUT2D eigenvalue weighted by Crippen LogP contribution is 2.30. The summed E-state index contributed by atoms with van der Waals surface area (Å²) < 4.78 is 4.87. The van der Waals surface area contributed by atoms with Gasteiger partial charge in [-0.1, -0.05) is 12.1 Å². The molecule has 1 aliphatic rings. The van der Waals surface area contributed by atoms with E-state index in [-0.39, 0.29) is 18.4 Å². The number of hydrogen-bond acceptors (Lipinski definition) is 4. The molecule has 80 valence electrons. The first-order valence-electron chi connectivity index (χ1n) is 4.68. The van der Waals surface area contributed by atoms with Gasteiger partial charge in [-0.3, -0.25) is 4.90 Å². The van der Waals surface area contributed by atoms with Crippen LogP contribution in [0.2, 0.25) is 0 Å². The van der Waals surface area contributed by atoms with Crippen LogP contribution in [-0.2, 0) is 4.74 Å². The third-order valence-electron chi connectivity index (χ3n) is 2.37. The Bertz CT molecular complexity index is 381. The number of anilines is 1. The Kier molecular flexibility index (Phi) is 2.47. The van der Waals surface area contributed by atoms with E-state index in [4.69, 9.17) is 10.5 Å². The first-order valence-corrected chi connectivity index (χ1v) is 4.68. The van der Waals surface area contributed by atoms with Crippen LogP contribution in [-0.4, -0.2) is 30.4 Å². The Morgan fingerprint density at radius 3 is 2.93 bits per heavy atom. The Morgan fingerprint density at radius 2 is 2.27 bits per heavy atom. The van der Waals surface area contributed by atoms with Gasteiger partial charge in [0.05, 0.1) is 11.7 Å². The molecule has 5 heteroatoms. The third-order valence-corrected chi connectivity index (χ3v) is 2.37. The van der Waals surface area contributed by atoms with E-state index in [2.05, 4.69) is 0 Å². The van der Waals surface area contributed by atoms with Gasteiger partial charge in [-0.25, -0.2) is 4.79 Å². The number of carbonyl (C=O) groups excluding carboxylic acids is 1. The molecule has 1 fully saturated rings. The predicted molar refractivity (Wildman–Crippen MR) is 54.8 cm³/mol. The zero-order valence-corrected chi connectivity index (χ0v) is 8.09. The standard InChI is InChI=1S/C10H12N2O3/c11-5-7-6-15-10(14)12(7)8-3-1-2-4-9(8)13/h1-4,7,13H,5-6,11H2. The lowest BCUT2D eigenvalue weighted by atomic mass is 10.2. The first kappa shape index (κ1) is 9.79. The summed E-state index contributed by atoms with van der Waals surface area (Å²) in [6, 6.07) is 6.41. The molecule has 1 saturated heterocycles. The van der Waals surface area contributed by atoms with E-state index in [1.807, 2.05) is 0 Å². The number of hydrogen-bond donors (Lipinski definition) is 2. The number of para-hydroxylation sites is 2. The van der Waals surface area contributed by atoms with Crippen molar-refractivity contribution in [2.45, 2.75) is 6.04 Å². The van der Waals surface area contributed by atoms with Gasteiger partial charge in [-0.2, -0.15) is 0 Å². The summed E-state index contributed by atoms with van der Waals surface area (Å²) in [5.74, 6) is 0.0507. The first-order chi connectivity index (χ1) is 7.24. The van der Waals surface area contributed by atoms with E-state index >= 15 is 0 Å². The van der Waals surface area contributed by atoms with Crippen LogP contribution in [0.3, 0.4) is 0 Å². The van der Waals surface area contributed by atoms with E-state index in [0.717, 1.165) is 0 Å². The second-order valence-electron chi connectivity index (χ2n) is 3.33. The van der Waals surface area contributed by atoms with Crippen molar-refractivity contribution >= 4 is 11.8 Å². The number of phenols is 1. The summed E-state index contributed by atoms with van der Waals surface area (Å²) in [5, 5.41) is 9.61. The SMILES string of the molecule is NCC1COC(=O)N1c1ccccc1O. The van der Waals surface area contributed by atoms with E-state index in [1.165, 1.54) is 11.0 Å². The Morgan fingerprint density at radius 1 is 1.53 bits per heavy atom. The zero-order chi connectivity index (χ0) is 10.8. The normalized spacial score (nSPS) is 20.5. The van der Waals surface area contributed by atoms with Crippen LogP contribution in [0.25, 0.3) is 0 Å². The Hall–Kier alpha value is -1.75. The molecule has 0 aromatic heterocycles. The van der Waals surface area contributed by atoms with Gasteiger partial charge in [-0.05, 0) is 12.1 Å². The lowest BCUT2D eigenvalue weighted by Gasteiger charge is -2.20. The molecule has 0 radical (unpaired) electrons. The molecule has 15 heavy (non-hydrogen) atoms.